The van der Waals surface area contributed by atoms with Crippen LogP contribution < -0.4 is 10.1 Å². The van der Waals surface area contributed by atoms with Gasteiger partial charge in [0.1, 0.15) is 16.3 Å². The molecule has 154 valence electrons. The van der Waals surface area contributed by atoms with Gasteiger partial charge in [0.2, 0.25) is 5.13 Å². The molecule has 0 aliphatic rings. The molecular formula is C20H20N6O3S. The maximum absolute atomic E-state index is 12.6. The van der Waals surface area contributed by atoms with Crippen LogP contribution in [0.3, 0.4) is 0 Å². The van der Waals surface area contributed by atoms with Gasteiger partial charge in [-0.3, -0.25) is 10.1 Å². The molecule has 0 fully saturated rings. The smallest absolute Gasteiger partial charge is 0.262 e. The van der Waals surface area contributed by atoms with Gasteiger partial charge in [0.15, 0.2) is 5.65 Å². The molecule has 0 atom stereocenters. The first kappa shape index (κ1) is 19.9. The van der Waals surface area contributed by atoms with Crippen molar-refractivity contribution in [2.24, 2.45) is 0 Å². The van der Waals surface area contributed by atoms with Crippen LogP contribution in [-0.4, -0.2) is 49.0 Å². The zero-order valence-corrected chi connectivity index (χ0v) is 17.1. The van der Waals surface area contributed by atoms with Crippen LogP contribution in [0.15, 0.2) is 42.9 Å². The van der Waals surface area contributed by atoms with Crippen molar-refractivity contribution in [3.8, 4) is 5.75 Å². The van der Waals surface area contributed by atoms with Gasteiger partial charge in [-0.15, -0.1) is 10.2 Å². The van der Waals surface area contributed by atoms with E-state index in [4.69, 9.17) is 9.84 Å². The number of aryl methyl sites for hydroxylation is 1. The van der Waals surface area contributed by atoms with Gasteiger partial charge in [-0.1, -0.05) is 29.0 Å². The molecule has 1 aromatic carbocycles. The number of aromatic nitrogens is 5. The van der Waals surface area contributed by atoms with Crippen LogP contribution in [0.5, 0.6) is 5.75 Å². The molecule has 9 nitrogen and oxygen atoms in total. The van der Waals surface area contributed by atoms with Crippen molar-refractivity contribution in [2.45, 2.75) is 19.8 Å². The third-order valence-electron chi connectivity index (χ3n) is 4.35. The summed E-state index contributed by atoms with van der Waals surface area (Å²) >= 11 is 1.30. The number of anilines is 1. The minimum absolute atomic E-state index is 0.0250. The molecule has 4 aromatic rings. The van der Waals surface area contributed by atoms with Crippen LogP contribution in [-0.2, 0) is 12.8 Å². The van der Waals surface area contributed by atoms with Crippen LogP contribution in [0, 0.1) is 6.92 Å². The molecule has 0 unspecified atom stereocenters. The van der Waals surface area contributed by atoms with Crippen LogP contribution in [0.2, 0.25) is 0 Å². The van der Waals surface area contributed by atoms with E-state index in [1.54, 1.807) is 12.4 Å². The molecule has 0 spiro atoms. The standard InChI is InChI=1S/C20H20N6O3S/c1-13-2-4-15(5-3-13)29-9-7-17-24-25-20(30-17)23-19(28)16-11-22-26-12-14(6-8-27)10-21-18(16)26/h2-5,10-12,27H,6-9H2,1H3,(H,23,25,28). The Morgan fingerprint density at radius 3 is 2.83 bits per heavy atom. The number of aliphatic hydroxyl groups is 1. The lowest BCUT2D eigenvalue weighted by Gasteiger charge is -2.04. The number of nitrogens with one attached hydrogen (secondary N) is 1. The Morgan fingerprint density at radius 1 is 1.20 bits per heavy atom. The van der Waals surface area contributed by atoms with Crippen LogP contribution >= 0.6 is 11.3 Å². The van der Waals surface area contributed by atoms with E-state index in [0.717, 1.165) is 16.3 Å². The molecule has 3 aromatic heterocycles. The van der Waals surface area contributed by atoms with Gasteiger partial charge in [0.25, 0.3) is 5.91 Å². The van der Waals surface area contributed by atoms with Crippen molar-refractivity contribution in [1.82, 2.24) is 24.8 Å². The summed E-state index contributed by atoms with van der Waals surface area (Å²) in [5.74, 6) is 0.451. The van der Waals surface area contributed by atoms with Crippen molar-refractivity contribution in [2.75, 3.05) is 18.5 Å². The summed E-state index contributed by atoms with van der Waals surface area (Å²) < 4.78 is 7.23. The average molecular weight is 424 g/mol. The summed E-state index contributed by atoms with van der Waals surface area (Å²) in [5, 5.41) is 25.2. The number of benzene rings is 1. The Hall–Kier alpha value is -3.37. The summed E-state index contributed by atoms with van der Waals surface area (Å²) in [6.45, 7) is 2.52. The number of ether oxygens (including phenoxy) is 1. The van der Waals surface area contributed by atoms with Gasteiger partial charge < -0.3 is 9.84 Å². The molecule has 30 heavy (non-hydrogen) atoms. The van der Waals surface area contributed by atoms with Gasteiger partial charge in [-0.25, -0.2) is 9.50 Å². The first-order valence-corrected chi connectivity index (χ1v) is 10.2. The van der Waals surface area contributed by atoms with Crippen molar-refractivity contribution in [3.05, 3.63) is 64.6 Å². The highest BCUT2D eigenvalue weighted by Crippen LogP contribution is 2.19. The zero-order chi connectivity index (χ0) is 20.9. The summed E-state index contributed by atoms with van der Waals surface area (Å²) in [4.78, 5) is 16.9. The fourth-order valence-electron chi connectivity index (χ4n) is 2.79. The highest BCUT2D eigenvalue weighted by molar-refractivity contribution is 7.15. The number of nitrogens with zero attached hydrogens (tertiary/aromatic N) is 5. The van der Waals surface area contributed by atoms with Gasteiger partial charge in [-0.2, -0.15) is 5.10 Å². The number of rotatable bonds is 8. The highest BCUT2D eigenvalue weighted by atomic mass is 32.1. The van der Waals surface area contributed by atoms with Crippen molar-refractivity contribution < 1.29 is 14.6 Å². The van der Waals surface area contributed by atoms with Crippen molar-refractivity contribution >= 4 is 28.0 Å². The Kier molecular flexibility index (Phi) is 5.96. The minimum Gasteiger partial charge on any atom is -0.493 e. The van der Waals surface area contributed by atoms with Crippen LogP contribution in [0.25, 0.3) is 5.65 Å². The Balaban J connectivity index is 1.35. The fraction of sp³-hybridized carbons (Fsp3) is 0.250. The molecule has 0 aliphatic heterocycles. The maximum atomic E-state index is 12.6. The highest BCUT2D eigenvalue weighted by Gasteiger charge is 2.16. The summed E-state index contributed by atoms with van der Waals surface area (Å²) in [7, 11) is 0. The average Bonchev–Trinajstić information content (AvgIpc) is 3.36. The fourth-order valence-corrected chi connectivity index (χ4v) is 3.51. The van der Waals surface area contributed by atoms with E-state index in [1.807, 2.05) is 31.2 Å². The van der Waals surface area contributed by atoms with Crippen molar-refractivity contribution in [3.63, 3.8) is 0 Å². The van der Waals surface area contributed by atoms with Crippen molar-refractivity contribution in [1.29, 1.82) is 0 Å². The Bertz CT molecular complexity index is 1160. The van der Waals surface area contributed by atoms with Gasteiger partial charge in [0, 0.05) is 25.4 Å². The van der Waals surface area contributed by atoms with Crippen LogP contribution in [0.1, 0.15) is 26.5 Å². The molecule has 0 saturated carbocycles. The first-order chi connectivity index (χ1) is 14.6. The third kappa shape index (κ3) is 4.61. The largest absolute Gasteiger partial charge is 0.493 e. The summed E-state index contributed by atoms with van der Waals surface area (Å²) in [6, 6.07) is 7.85. The number of carbonyl (C=O) groups excluding carboxylic acids is 1. The van der Waals surface area contributed by atoms with Gasteiger partial charge in [-0.05, 0) is 31.0 Å². The second-order valence-corrected chi connectivity index (χ2v) is 7.69. The van der Waals surface area contributed by atoms with Gasteiger partial charge >= 0.3 is 0 Å². The molecule has 10 heteroatoms. The second kappa shape index (κ2) is 8.97. The molecule has 2 N–H and O–H groups in total. The Morgan fingerprint density at radius 2 is 2.03 bits per heavy atom. The second-order valence-electron chi connectivity index (χ2n) is 6.63. The molecule has 0 bridgehead atoms. The van der Waals surface area contributed by atoms with Crippen LogP contribution in [0.4, 0.5) is 5.13 Å². The Labute approximate surface area is 176 Å². The molecule has 1 amide bonds. The molecular weight excluding hydrogens is 404 g/mol. The number of fused-ring (bicyclic) bond motifs is 1. The zero-order valence-electron chi connectivity index (χ0n) is 16.3. The lowest BCUT2D eigenvalue weighted by molar-refractivity contribution is 0.102. The molecule has 0 saturated heterocycles. The quantitative estimate of drug-likeness (QED) is 0.446. The normalized spacial score (nSPS) is 11.0. The van der Waals surface area contributed by atoms with E-state index in [2.05, 4.69) is 25.6 Å². The molecule has 3 heterocycles. The number of amides is 1. The molecule has 4 rings (SSSR count). The predicted molar refractivity (Wildman–Crippen MR) is 112 cm³/mol. The minimum atomic E-state index is -0.356. The topological polar surface area (TPSA) is 115 Å². The number of carbonyl (C=O) groups is 1. The number of hydrogen-bond donors (Lipinski definition) is 2. The third-order valence-corrected chi connectivity index (χ3v) is 5.25. The van der Waals surface area contributed by atoms with Gasteiger partial charge in [0.05, 0.1) is 12.8 Å². The summed E-state index contributed by atoms with van der Waals surface area (Å²) in [6.07, 6.45) is 5.89. The summed E-state index contributed by atoms with van der Waals surface area (Å²) in [5.41, 5.74) is 2.79. The predicted octanol–water partition coefficient (Wildman–Crippen LogP) is 2.30. The lowest BCUT2D eigenvalue weighted by Crippen LogP contribution is -2.12. The number of hydrogen-bond acceptors (Lipinski definition) is 8. The lowest BCUT2D eigenvalue weighted by atomic mass is 10.2. The van der Waals surface area contributed by atoms with E-state index in [0.29, 0.717) is 35.8 Å². The maximum Gasteiger partial charge on any atom is 0.262 e. The first-order valence-electron chi connectivity index (χ1n) is 9.38. The molecule has 0 aliphatic carbocycles. The number of aliphatic hydroxyl groups excluding tert-OH is 1. The van der Waals surface area contributed by atoms with E-state index >= 15 is 0 Å². The van der Waals surface area contributed by atoms with E-state index in [-0.39, 0.29) is 12.5 Å². The SMILES string of the molecule is Cc1ccc(OCCc2nnc(NC(=O)c3cnn4cc(CCO)cnc34)s2)cc1. The van der Waals surface area contributed by atoms with E-state index in [9.17, 15) is 4.79 Å². The van der Waals surface area contributed by atoms with E-state index < -0.39 is 0 Å². The monoisotopic (exact) mass is 424 g/mol. The van der Waals surface area contributed by atoms with E-state index in [1.165, 1.54) is 27.6 Å². The molecule has 0 radical (unpaired) electrons.